The molecule has 3 heteroatoms. The molecule has 0 aliphatic rings. The highest BCUT2D eigenvalue weighted by molar-refractivity contribution is 6.28. The number of benzene rings is 3. The van der Waals surface area contributed by atoms with Crippen LogP contribution in [0.2, 0.25) is 0 Å². The molecule has 3 nitrogen and oxygen atoms in total. The third kappa shape index (κ3) is 2.60. The van der Waals surface area contributed by atoms with Gasteiger partial charge in [0, 0.05) is 16.2 Å². The molecule has 0 atom stereocenters. The number of pyridine rings is 2. The molecule has 3 aromatic carbocycles. The molecule has 0 unspecified atom stereocenters. The fourth-order valence-corrected chi connectivity index (χ4v) is 6.19. The quantitative estimate of drug-likeness (QED) is 0.150. The number of nitriles is 1. The van der Waals surface area contributed by atoms with E-state index in [2.05, 4.69) is 100 Å². The lowest BCUT2D eigenvalue weighted by atomic mass is 9.86. The van der Waals surface area contributed by atoms with E-state index < -0.39 is 0 Å². The zero-order chi connectivity index (χ0) is 24.1. The van der Waals surface area contributed by atoms with Crippen LogP contribution in [0.5, 0.6) is 0 Å². The van der Waals surface area contributed by atoms with Gasteiger partial charge in [0.15, 0.2) is 6.20 Å². The summed E-state index contributed by atoms with van der Waals surface area (Å²) in [5.74, 6) is 0. The Morgan fingerprint density at radius 2 is 1.65 bits per heavy atom. The number of rotatable bonds is 1. The molecule has 6 rings (SSSR count). The summed E-state index contributed by atoms with van der Waals surface area (Å²) >= 11 is 0. The van der Waals surface area contributed by atoms with E-state index in [4.69, 9.17) is 0 Å². The number of fused-ring (bicyclic) bond motifs is 6. The molecule has 3 heterocycles. The summed E-state index contributed by atoms with van der Waals surface area (Å²) in [6.45, 7) is 13.6. The van der Waals surface area contributed by atoms with E-state index in [0.717, 1.165) is 17.4 Å². The number of hydrogen-bond acceptors (Lipinski definition) is 1. The van der Waals surface area contributed by atoms with Gasteiger partial charge in [-0.05, 0) is 60.9 Å². The molecule has 3 aromatic heterocycles. The Hall–Kier alpha value is -3.64. The predicted octanol–water partition coefficient (Wildman–Crippen LogP) is 7.20. The topological polar surface area (TPSA) is 32.1 Å². The largest absolute Gasteiger partial charge is 0.307 e. The molecule has 0 N–H and O–H groups in total. The minimum absolute atomic E-state index is 0.187. The molecule has 34 heavy (non-hydrogen) atoms. The van der Waals surface area contributed by atoms with Gasteiger partial charge in [-0.3, -0.25) is 0 Å². The van der Waals surface area contributed by atoms with Crippen molar-refractivity contribution in [1.29, 1.82) is 5.26 Å². The van der Waals surface area contributed by atoms with Crippen LogP contribution in [0.3, 0.4) is 0 Å². The molecule has 0 radical (unpaired) electrons. The normalized spacial score (nSPS) is 12.6. The highest BCUT2D eigenvalue weighted by Crippen LogP contribution is 2.44. The summed E-state index contributed by atoms with van der Waals surface area (Å²) in [5.41, 5.74) is 11.2. The molecule has 0 saturated heterocycles. The maximum absolute atomic E-state index is 9.99. The highest BCUT2D eigenvalue weighted by atomic mass is 15.0. The van der Waals surface area contributed by atoms with Gasteiger partial charge in [0.1, 0.15) is 18.7 Å². The van der Waals surface area contributed by atoms with Gasteiger partial charge in [0.2, 0.25) is 5.52 Å². The lowest BCUT2D eigenvalue weighted by Crippen LogP contribution is -2.30. The smallest absolute Gasteiger partial charge is 0.224 e. The molecule has 0 saturated carbocycles. The summed E-state index contributed by atoms with van der Waals surface area (Å²) in [7, 11) is 2.08. The number of hydrogen-bond donors (Lipinski definition) is 0. The van der Waals surface area contributed by atoms with Crippen molar-refractivity contribution in [3.05, 3.63) is 70.4 Å². The first-order chi connectivity index (χ1) is 16.1. The molecule has 168 valence electrons. The van der Waals surface area contributed by atoms with Crippen LogP contribution in [0, 0.1) is 37.5 Å². The Morgan fingerprint density at radius 1 is 0.912 bits per heavy atom. The average Bonchev–Trinajstić information content (AvgIpc) is 3.11. The Morgan fingerprint density at radius 3 is 2.35 bits per heavy atom. The molecule has 0 bridgehead atoms. The fraction of sp³-hybridized carbons (Fsp3) is 0.290. The maximum Gasteiger partial charge on any atom is 0.224 e. The minimum Gasteiger partial charge on any atom is -0.307 e. The van der Waals surface area contributed by atoms with Crippen molar-refractivity contribution >= 4 is 49.0 Å². The monoisotopic (exact) mass is 444 g/mol. The van der Waals surface area contributed by atoms with Crippen LogP contribution in [0.4, 0.5) is 0 Å². The summed E-state index contributed by atoms with van der Waals surface area (Å²) in [5, 5.41) is 16.1. The molecular formula is C31H30N3+. The molecule has 0 aliphatic heterocycles. The summed E-state index contributed by atoms with van der Waals surface area (Å²) in [6.07, 6.45) is 3.01. The van der Waals surface area contributed by atoms with Gasteiger partial charge >= 0.3 is 0 Å². The minimum atomic E-state index is 0.187. The number of nitrogens with zero attached hydrogens (tertiary/aromatic N) is 3. The Balaban J connectivity index is 2.04. The maximum atomic E-state index is 9.99. The third-order valence-electron chi connectivity index (χ3n) is 7.55. The van der Waals surface area contributed by atoms with Crippen LogP contribution in [0.25, 0.3) is 49.0 Å². The first-order valence-electron chi connectivity index (χ1n) is 12.1. The summed E-state index contributed by atoms with van der Waals surface area (Å²) in [6, 6.07) is 16.0. The zero-order valence-corrected chi connectivity index (χ0v) is 21.1. The van der Waals surface area contributed by atoms with Gasteiger partial charge in [-0.15, -0.1) is 0 Å². The molecule has 0 spiro atoms. The van der Waals surface area contributed by atoms with Crippen molar-refractivity contribution in [2.24, 2.45) is 12.5 Å². The summed E-state index contributed by atoms with van der Waals surface area (Å²) < 4.78 is 4.66. The predicted molar refractivity (Wildman–Crippen MR) is 142 cm³/mol. The van der Waals surface area contributed by atoms with Gasteiger partial charge in [-0.1, -0.05) is 51.1 Å². The van der Waals surface area contributed by atoms with E-state index in [1.54, 1.807) is 0 Å². The standard InChI is InChI=1S/C31H30N3/c1-17-13-18(2)28-25(19(17)3)30-27-22(21(15-32)16-33(30)7)11-12-23-26-20(14-31(4,5)6)9-8-10-24(26)34(28)29(23)27/h8-13,16H,14H2,1-7H3/q+1. The first-order valence-corrected chi connectivity index (χ1v) is 12.1. The van der Waals surface area contributed by atoms with Crippen molar-refractivity contribution in [2.45, 2.75) is 48.0 Å². The lowest BCUT2D eigenvalue weighted by Gasteiger charge is -2.19. The second kappa shape index (κ2) is 6.70. The lowest BCUT2D eigenvalue weighted by molar-refractivity contribution is -0.644. The third-order valence-corrected chi connectivity index (χ3v) is 7.55. The van der Waals surface area contributed by atoms with Gasteiger partial charge in [-0.2, -0.15) is 9.83 Å². The van der Waals surface area contributed by atoms with Crippen molar-refractivity contribution in [3.8, 4) is 6.07 Å². The average molecular weight is 445 g/mol. The Bertz CT molecular complexity index is 1850. The van der Waals surface area contributed by atoms with Crippen molar-refractivity contribution in [3.63, 3.8) is 0 Å². The van der Waals surface area contributed by atoms with E-state index in [-0.39, 0.29) is 5.41 Å². The number of aromatic nitrogens is 2. The number of aryl methyl sites for hydroxylation is 4. The highest BCUT2D eigenvalue weighted by Gasteiger charge is 2.28. The van der Waals surface area contributed by atoms with Gasteiger partial charge in [0.05, 0.1) is 27.3 Å². The van der Waals surface area contributed by atoms with Gasteiger partial charge in [-0.25, -0.2) is 0 Å². The second-order valence-electron chi connectivity index (χ2n) is 11.2. The fourth-order valence-electron chi connectivity index (χ4n) is 6.19. The summed E-state index contributed by atoms with van der Waals surface area (Å²) in [4.78, 5) is 0. The van der Waals surface area contributed by atoms with Crippen molar-refractivity contribution < 1.29 is 4.57 Å². The van der Waals surface area contributed by atoms with E-state index in [9.17, 15) is 5.26 Å². The first kappa shape index (κ1) is 20.9. The molecule has 0 fully saturated rings. The van der Waals surface area contributed by atoms with Crippen molar-refractivity contribution in [1.82, 2.24) is 4.40 Å². The zero-order valence-electron chi connectivity index (χ0n) is 21.1. The van der Waals surface area contributed by atoms with Crippen molar-refractivity contribution in [2.75, 3.05) is 0 Å². The van der Waals surface area contributed by atoms with Crippen LogP contribution in [0.1, 0.15) is 48.6 Å². The van der Waals surface area contributed by atoms with Crippen LogP contribution >= 0.6 is 0 Å². The SMILES string of the molecule is Cc1cc(C)c2c(c1C)c1c3c(ccc4c5c(CC(C)(C)C)cccc5n2c43)c(C#N)c[n+]1C. The van der Waals surface area contributed by atoms with Gasteiger partial charge < -0.3 is 4.40 Å². The Labute approximate surface area is 200 Å². The van der Waals surface area contributed by atoms with E-state index in [1.807, 2.05) is 6.20 Å². The second-order valence-corrected chi connectivity index (χ2v) is 11.2. The van der Waals surface area contributed by atoms with Gasteiger partial charge in [0.25, 0.3) is 0 Å². The van der Waals surface area contributed by atoms with Crippen LogP contribution in [-0.4, -0.2) is 4.40 Å². The van der Waals surface area contributed by atoms with E-state index in [0.29, 0.717) is 0 Å². The van der Waals surface area contributed by atoms with Crippen LogP contribution < -0.4 is 4.57 Å². The Kier molecular flexibility index (Phi) is 4.13. The van der Waals surface area contributed by atoms with Crippen LogP contribution in [0.15, 0.2) is 42.6 Å². The van der Waals surface area contributed by atoms with E-state index >= 15 is 0 Å². The molecular weight excluding hydrogens is 414 g/mol. The molecule has 0 aliphatic carbocycles. The van der Waals surface area contributed by atoms with Crippen LogP contribution in [-0.2, 0) is 13.5 Å². The molecule has 6 aromatic rings. The molecule has 0 amide bonds. The van der Waals surface area contributed by atoms with E-state index in [1.165, 1.54) is 65.9 Å².